The van der Waals surface area contributed by atoms with E-state index in [2.05, 4.69) is 22.5 Å². The Morgan fingerprint density at radius 2 is 1.94 bits per heavy atom. The summed E-state index contributed by atoms with van der Waals surface area (Å²) in [5.41, 5.74) is 0. The first kappa shape index (κ1) is 23.4. The minimum Gasteiger partial charge on any atom is -0.352 e. The average Bonchev–Trinajstić information content (AvgIpc) is 3.38. The fourth-order valence-electron chi connectivity index (χ4n) is 6.40. The van der Waals surface area contributed by atoms with Crippen LogP contribution in [0.15, 0.2) is 0 Å². The predicted octanol–water partition coefficient (Wildman–Crippen LogP) is 1.49. The van der Waals surface area contributed by atoms with Gasteiger partial charge in [0, 0.05) is 50.2 Å². The van der Waals surface area contributed by atoms with Gasteiger partial charge in [0.05, 0.1) is 12.3 Å². The van der Waals surface area contributed by atoms with Crippen molar-refractivity contribution in [3.8, 4) is 0 Å². The molecule has 0 aromatic carbocycles. The Bertz CT molecular complexity index is 748. The molecule has 178 valence electrons. The van der Waals surface area contributed by atoms with Crippen molar-refractivity contribution < 1.29 is 17.6 Å². The van der Waals surface area contributed by atoms with Crippen LogP contribution < -0.4 is 10.6 Å². The first-order chi connectivity index (χ1) is 14.6. The third kappa shape index (κ3) is 5.09. The van der Waals surface area contributed by atoms with E-state index in [0.29, 0.717) is 24.8 Å². The van der Waals surface area contributed by atoms with Crippen LogP contribution in [0.4, 0.5) is 4.39 Å². The lowest BCUT2D eigenvalue weighted by Crippen LogP contribution is -2.51. The van der Waals surface area contributed by atoms with Crippen LogP contribution in [0, 0.1) is 11.8 Å². The fraction of sp³-hybridized carbons (Fsp3) is 0.955. The van der Waals surface area contributed by atoms with E-state index >= 15 is 0 Å². The molecular formula is C22H39FN4O3S. The van der Waals surface area contributed by atoms with E-state index < -0.39 is 16.2 Å². The molecule has 4 fully saturated rings. The summed E-state index contributed by atoms with van der Waals surface area (Å²) in [4.78, 5) is 15.4. The molecule has 0 aromatic heterocycles. The Balaban J connectivity index is 1.29. The quantitative estimate of drug-likeness (QED) is 0.653. The number of hydrogen-bond acceptors (Lipinski definition) is 5. The van der Waals surface area contributed by atoms with Gasteiger partial charge >= 0.3 is 0 Å². The number of hydrogen-bond donors (Lipinski definition) is 2. The van der Waals surface area contributed by atoms with Crippen LogP contribution in [0.2, 0.25) is 0 Å². The number of amides is 1. The maximum atomic E-state index is 14.4. The summed E-state index contributed by atoms with van der Waals surface area (Å²) < 4.78 is 39.6. The molecule has 0 aromatic rings. The van der Waals surface area contributed by atoms with Gasteiger partial charge in [-0.3, -0.25) is 9.69 Å². The largest absolute Gasteiger partial charge is 0.352 e. The van der Waals surface area contributed by atoms with Crippen LogP contribution in [0.1, 0.15) is 58.3 Å². The highest BCUT2D eigenvalue weighted by Crippen LogP contribution is 2.38. The monoisotopic (exact) mass is 458 g/mol. The second kappa shape index (κ2) is 9.23. The van der Waals surface area contributed by atoms with Gasteiger partial charge in [0.25, 0.3) is 0 Å². The molecule has 2 N–H and O–H groups in total. The van der Waals surface area contributed by atoms with Crippen LogP contribution in [-0.4, -0.2) is 86.3 Å². The number of nitrogens with one attached hydrogen (secondary N) is 2. The SMILES string of the molecule is CC1CCC(F)C2CC(C(=O)N[C@@H]3CCC[C@@H](N4CC[C@@H](N(C)S(C)(=O)=O)C4)C3)NC12. The second-order valence-corrected chi connectivity index (χ2v) is 12.5. The number of nitrogens with zero attached hydrogens (tertiary/aromatic N) is 2. The molecule has 7 nitrogen and oxygen atoms in total. The zero-order valence-corrected chi connectivity index (χ0v) is 19.9. The van der Waals surface area contributed by atoms with Crippen LogP contribution >= 0.6 is 0 Å². The molecule has 8 atom stereocenters. The Kier molecular flexibility index (Phi) is 6.97. The standard InChI is InChI=1S/C22H39FN4O3S/c1-14-7-8-19(23)18-12-20(25-21(14)18)22(28)24-15-5-4-6-16(11-15)27-10-9-17(13-27)26(2)31(3,29)30/h14-21,25H,4-13H2,1-3H3,(H,24,28)/t14?,15-,16-,17-,18?,19?,20?,21?/m1/s1. The molecule has 0 bridgehead atoms. The minimum atomic E-state index is -3.18. The zero-order chi connectivity index (χ0) is 22.3. The molecule has 4 aliphatic rings. The summed E-state index contributed by atoms with van der Waals surface area (Å²) in [5, 5.41) is 6.69. The lowest BCUT2D eigenvalue weighted by atomic mass is 9.77. The Hall–Kier alpha value is -0.770. The van der Waals surface area contributed by atoms with E-state index in [1.54, 1.807) is 7.05 Å². The summed E-state index contributed by atoms with van der Waals surface area (Å²) in [7, 11) is -1.51. The number of likely N-dealkylation sites (tertiary alicyclic amines) is 1. The molecule has 9 heteroatoms. The summed E-state index contributed by atoms with van der Waals surface area (Å²) in [6.45, 7) is 3.82. The molecule has 2 saturated carbocycles. The molecule has 2 aliphatic heterocycles. The van der Waals surface area contributed by atoms with E-state index in [9.17, 15) is 17.6 Å². The highest BCUT2D eigenvalue weighted by molar-refractivity contribution is 7.88. The third-order valence-electron chi connectivity index (χ3n) is 8.40. The van der Waals surface area contributed by atoms with Gasteiger partial charge in [0.1, 0.15) is 6.17 Å². The van der Waals surface area contributed by atoms with Crippen molar-refractivity contribution >= 4 is 15.9 Å². The van der Waals surface area contributed by atoms with Crippen LogP contribution in [0.3, 0.4) is 0 Å². The molecule has 5 unspecified atom stereocenters. The number of rotatable bonds is 5. The molecule has 1 amide bonds. The number of likely N-dealkylation sites (N-methyl/N-ethyl adjacent to an activating group) is 1. The molecule has 0 spiro atoms. The van der Waals surface area contributed by atoms with Crippen molar-refractivity contribution in [2.45, 2.75) is 94.7 Å². The second-order valence-electron chi connectivity index (χ2n) is 10.5. The Morgan fingerprint density at radius 3 is 2.65 bits per heavy atom. The number of alkyl halides is 1. The van der Waals surface area contributed by atoms with E-state index in [0.717, 1.165) is 51.6 Å². The van der Waals surface area contributed by atoms with Crippen molar-refractivity contribution in [2.75, 3.05) is 26.4 Å². The molecular weight excluding hydrogens is 419 g/mol. The van der Waals surface area contributed by atoms with E-state index in [-0.39, 0.29) is 36.0 Å². The van der Waals surface area contributed by atoms with Crippen molar-refractivity contribution in [1.29, 1.82) is 0 Å². The van der Waals surface area contributed by atoms with Crippen molar-refractivity contribution in [3.63, 3.8) is 0 Å². The van der Waals surface area contributed by atoms with Gasteiger partial charge in [-0.15, -0.1) is 0 Å². The lowest BCUT2D eigenvalue weighted by Gasteiger charge is -2.36. The molecule has 2 heterocycles. The minimum absolute atomic E-state index is 0.0237. The van der Waals surface area contributed by atoms with E-state index in [4.69, 9.17) is 0 Å². The topological polar surface area (TPSA) is 81.8 Å². The van der Waals surface area contributed by atoms with Crippen LogP contribution in [0.25, 0.3) is 0 Å². The molecule has 4 rings (SSSR count). The average molecular weight is 459 g/mol. The van der Waals surface area contributed by atoms with Gasteiger partial charge in [0.2, 0.25) is 15.9 Å². The van der Waals surface area contributed by atoms with Crippen molar-refractivity contribution in [1.82, 2.24) is 19.8 Å². The highest BCUT2D eigenvalue weighted by Gasteiger charge is 2.46. The summed E-state index contributed by atoms with van der Waals surface area (Å²) in [6, 6.07) is 0.389. The molecule has 31 heavy (non-hydrogen) atoms. The summed E-state index contributed by atoms with van der Waals surface area (Å²) >= 11 is 0. The van der Waals surface area contributed by atoms with Crippen LogP contribution in [0.5, 0.6) is 0 Å². The number of sulfonamides is 1. The van der Waals surface area contributed by atoms with E-state index in [1.165, 1.54) is 10.6 Å². The van der Waals surface area contributed by atoms with Crippen molar-refractivity contribution in [3.05, 3.63) is 0 Å². The van der Waals surface area contributed by atoms with Gasteiger partial charge in [-0.05, 0) is 57.3 Å². The smallest absolute Gasteiger partial charge is 0.237 e. The maximum absolute atomic E-state index is 14.4. The summed E-state index contributed by atoms with van der Waals surface area (Å²) in [5.74, 6) is 0.407. The molecule has 2 aliphatic carbocycles. The Morgan fingerprint density at radius 1 is 1.16 bits per heavy atom. The highest BCUT2D eigenvalue weighted by atomic mass is 32.2. The van der Waals surface area contributed by atoms with Gasteiger partial charge in [-0.1, -0.05) is 6.92 Å². The number of halogens is 1. The molecule has 0 radical (unpaired) electrons. The number of carbonyl (C=O) groups is 1. The number of carbonyl (C=O) groups excluding carboxylic acids is 1. The predicted molar refractivity (Wildman–Crippen MR) is 119 cm³/mol. The maximum Gasteiger partial charge on any atom is 0.237 e. The van der Waals surface area contributed by atoms with Gasteiger partial charge in [-0.25, -0.2) is 17.1 Å². The summed E-state index contributed by atoms with van der Waals surface area (Å²) in [6.07, 6.45) is 7.47. The van der Waals surface area contributed by atoms with E-state index in [1.807, 2.05) is 0 Å². The number of fused-ring (bicyclic) bond motifs is 1. The fourth-order valence-corrected chi connectivity index (χ4v) is 7.11. The van der Waals surface area contributed by atoms with Gasteiger partial charge in [0.15, 0.2) is 0 Å². The van der Waals surface area contributed by atoms with Crippen LogP contribution in [-0.2, 0) is 14.8 Å². The first-order valence-corrected chi connectivity index (χ1v) is 13.9. The lowest BCUT2D eigenvalue weighted by molar-refractivity contribution is -0.124. The zero-order valence-electron chi connectivity index (χ0n) is 19.1. The van der Waals surface area contributed by atoms with Crippen molar-refractivity contribution in [2.24, 2.45) is 11.8 Å². The Labute approximate surface area is 186 Å². The van der Waals surface area contributed by atoms with Gasteiger partial charge in [-0.2, -0.15) is 0 Å². The third-order valence-corrected chi connectivity index (χ3v) is 9.74. The normalized spacial score (nSPS) is 42.0. The first-order valence-electron chi connectivity index (χ1n) is 12.0. The van der Waals surface area contributed by atoms with Gasteiger partial charge < -0.3 is 10.6 Å². The molecule has 2 saturated heterocycles.